The van der Waals surface area contributed by atoms with E-state index in [2.05, 4.69) is 43.4 Å². The van der Waals surface area contributed by atoms with Crippen molar-refractivity contribution >= 4 is 0 Å². The van der Waals surface area contributed by atoms with Gasteiger partial charge in [0.2, 0.25) is 0 Å². The van der Waals surface area contributed by atoms with E-state index in [1.807, 2.05) is 0 Å². The molecule has 1 aromatic carbocycles. The maximum atomic E-state index is 5.82. The van der Waals surface area contributed by atoms with Crippen LogP contribution in [0.1, 0.15) is 45.1 Å². The van der Waals surface area contributed by atoms with Crippen molar-refractivity contribution in [2.75, 3.05) is 6.54 Å². The molecule has 100 valence electrons. The number of nitrogens with one attached hydrogen (secondary N) is 1. The topological polar surface area (TPSA) is 21.3 Å². The van der Waals surface area contributed by atoms with Gasteiger partial charge in [0.15, 0.2) is 0 Å². The number of rotatable bonds is 8. The van der Waals surface area contributed by atoms with E-state index in [4.69, 9.17) is 4.74 Å². The molecule has 1 aromatic rings. The van der Waals surface area contributed by atoms with Gasteiger partial charge < -0.3 is 10.1 Å². The van der Waals surface area contributed by atoms with Crippen LogP contribution >= 0.6 is 0 Å². The predicted octanol–water partition coefficient (Wildman–Crippen LogP) is 3.55. The first-order valence-electron chi connectivity index (χ1n) is 7.27. The van der Waals surface area contributed by atoms with Gasteiger partial charge in [-0.1, -0.05) is 19.1 Å². The second-order valence-corrected chi connectivity index (χ2v) is 5.36. The maximum Gasteiger partial charge on any atom is 0.119 e. The van der Waals surface area contributed by atoms with E-state index in [0.29, 0.717) is 12.1 Å². The van der Waals surface area contributed by atoms with Gasteiger partial charge in [-0.3, -0.25) is 0 Å². The van der Waals surface area contributed by atoms with Crippen molar-refractivity contribution in [3.63, 3.8) is 0 Å². The van der Waals surface area contributed by atoms with Crippen molar-refractivity contribution < 1.29 is 4.74 Å². The van der Waals surface area contributed by atoms with Gasteiger partial charge in [0.25, 0.3) is 0 Å². The number of ether oxygens (including phenoxy) is 1. The van der Waals surface area contributed by atoms with Crippen LogP contribution < -0.4 is 10.1 Å². The molecular weight excluding hydrogens is 222 g/mol. The molecule has 1 aliphatic carbocycles. The molecule has 1 atom stereocenters. The van der Waals surface area contributed by atoms with Gasteiger partial charge >= 0.3 is 0 Å². The van der Waals surface area contributed by atoms with E-state index in [1.54, 1.807) is 0 Å². The van der Waals surface area contributed by atoms with Crippen LogP contribution in [0.4, 0.5) is 0 Å². The number of hydrogen-bond acceptors (Lipinski definition) is 2. The Morgan fingerprint density at radius 3 is 2.94 bits per heavy atom. The molecule has 2 nitrogen and oxygen atoms in total. The summed E-state index contributed by atoms with van der Waals surface area (Å²) < 4.78 is 5.82. The van der Waals surface area contributed by atoms with E-state index in [-0.39, 0.29) is 0 Å². The Kier molecular flexibility index (Phi) is 5.06. The van der Waals surface area contributed by atoms with Crippen LogP contribution in [0, 0.1) is 0 Å². The summed E-state index contributed by atoms with van der Waals surface area (Å²) in [6.07, 6.45) is 6.46. The fraction of sp³-hybridized carbons (Fsp3) is 0.625. The van der Waals surface area contributed by atoms with Gasteiger partial charge in [0.05, 0.1) is 6.10 Å². The quantitative estimate of drug-likeness (QED) is 0.758. The minimum absolute atomic E-state index is 0.491. The Morgan fingerprint density at radius 1 is 1.39 bits per heavy atom. The van der Waals surface area contributed by atoms with Crippen molar-refractivity contribution in [3.8, 4) is 5.75 Å². The smallest absolute Gasteiger partial charge is 0.119 e. The fourth-order valence-electron chi connectivity index (χ4n) is 2.03. The van der Waals surface area contributed by atoms with Crippen LogP contribution in [0.15, 0.2) is 24.3 Å². The van der Waals surface area contributed by atoms with Gasteiger partial charge in [-0.2, -0.15) is 0 Å². The van der Waals surface area contributed by atoms with Crippen LogP contribution in [0.25, 0.3) is 0 Å². The number of benzene rings is 1. The minimum atomic E-state index is 0.491. The molecule has 0 aliphatic heterocycles. The summed E-state index contributed by atoms with van der Waals surface area (Å²) in [6.45, 7) is 5.59. The minimum Gasteiger partial charge on any atom is -0.490 e. The Balaban J connectivity index is 1.77. The average molecular weight is 247 g/mol. The predicted molar refractivity (Wildman–Crippen MR) is 76.2 cm³/mol. The van der Waals surface area contributed by atoms with Crippen LogP contribution in [0.3, 0.4) is 0 Å². The van der Waals surface area contributed by atoms with Gasteiger partial charge in [-0.25, -0.2) is 0 Å². The molecule has 2 heteroatoms. The van der Waals surface area contributed by atoms with Crippen molar-refractivity contribution in [1.82, 2.24) is 5.32 Å². The van der Waals surface area contributed by atoms with E-state index in [0.717, 1.165) is 18.7 Å². The highest BCUT2D eigenvalue weighted by molar-refractivity contribution is 5.29. The maximum absolute atomic E-state index is 5.82. The molecule has 0 bridgehead atoms. The number of aryl methyl sites for hydroxylation is 1. The first-order valence-corrected chi connectivity index (χ1v) is 7.27. The highest BCUT2D eigenvalue weighted by atomic mass is 16.5. The molecular formula is C16H25NO. The van der Waals surface area contributed by atoms with Crippen molar-refractivity contribution in [2.24, 2.45) is 0 Å². The molecule has 1 aliphatic rings. The lowest BCUT2D eigenvalue weighted by atomic mass is 10.1. The molecule has 0 radical (unpaired) electrons. The van der Waals surface area contributed by atoms with Crippen LogP contribution in [0.5, 0.6) is 5.75 Å². The molecule has 0 heterocycles. The standard InChI is InChI=1S/C16H25NO/c1-3-11-17-13(2)7-8-14-5-4-6-16(12-14)18-15-9-10-15/h4-6,12-13,15,17H,3,7-11H2,1-2H3. The van der Waals surface area contributed by atoms with E-state index in [1.165, 1.54) is 31.2 Å². The first kappa shape index (κ1) is 13.4. The molecule has 18 heavy (non-hydrogen) atoms. The van der Waals surface area contributed by atoms with Crippen LogP contribution in [-0.2, 0) is 6.42 Å². The van der Waals surface area contributed by atoms with E-state index < -0.39 is 0 Å². The number of hydrogen-bond donors (Lipinski definition) is 1. The zero-order valence-corrected chi connectivity index (χ0v) is 11.6. The van der Waals surface area contributed by atoms with Crippen LogP contribution in [-0.4, -0.2) is 18.7 Å². The molecule has 1 saturated carbocycles. The van der Waals surface area contributed by atoms with Gasteiger partial charge in [0.1, 0.15) is 5.75 Å². The summed E-state index contributed by atoms with van der Waals surface area (Å²) in [5, 5.41) is 3.53. The first-order chi connectivity index (χ1) is 8.78. The SMILES string of the molecule is CCCNC(C)CCc1cccc(OC2CC2)c1. The highest BCUT2D eigenvalue weighted by Crippen LogP contribution is 2.27. The Hall–Kier alpha value is -1.02. The third-order valence-corrected chi connectivity index (χ3v) is 3.33. The molecule has 0 spiro atoms. The normalized spacial score (nSPS) is 16.6. The third-order valence-electron chi connectivity index (χ3n) is 3.33. The lowest BCUT2D eigenvalue weighted by Gasteiger charge is -2.13. The zero-order valence-electron chi connectivity index (χ0n) is 11.6. The van der Waals surface area contributed by atoms with E-state index >= 15 is 0 Å². The molecule has 0 saturated heterocycles. The largest absolute Gasteiger partial charge is 0.490 e. The molecule has 2 rings (SSSR count). The molecule has 1 fully saturated rings. The van der Waals surface area contributed by atoms with Crippen molar-refractivity contribution in [1.29, 1.82) is 0 Å². The molecule has 1 N–H and O–H groups in total. The Morgan fingerprint density at radius 2 is 2.22 bits per heavy atom. The molecule has 1 unspecified atom stereocenters. The van der Waals surface area contributed by atoms with E-state index in [9.17, 15) is 0 Å². The summed E-state index contributed by atoms with van der Waals surface area (Å²) in [4.78, 5) is 0. The van der Waals surface area contributed by atoms with Gasteiger partial charge in [-0.15, -0.1) is 0 Å². The summed E-state index contributed by atoms with van der Waals surface area (Å²) in [6, 6.07) is 9.17. The second kappa shape index (κ2) is 6.79. The monoisotopic (exact) mass is 247 g/mol. The van der Waals surface area contributed by atoms with Crippen molar-refractivity contribution in [3.05, 3.63) is 29.8 Å². The lowest BCUT2D eigenvalue weighted by Crippen LogP contribution is -2.27. The lowest BCUT2D eigenvalue weighted by molar-refractivity contribution is 0.303. The average Bonchev–Trinajstić information content (AvgIpc) is 3.18. The van der Waals surface area contributed by atoms with Gasteiger partial charge in [0, 0.05) is 6.04 Å². The third kappa shape index (κ3) is 4.69. The van der Waals surface area contributed by atoms with Gasteiger partial charge in [-0.05, 0) is 63.3 Å². The summed E-state index contributed by atoms with van der Waals surface area (Å²) in [5.41, 5.74) is 1.39. The summed E-state index contributed by atoms with van der Waals surface area (Å²) in [5.74, 6) is 1.05. The Labute approximate surface area is 111 Å². The summed E-state index contributed by atoms with van der Waals surface area (Å²) in [7, 11) is 0. The van der Waals surface area contributed by atoms with Crippen molar-refractivity contribution in [2.45, 2.75) is 58.1 Å². The van der Waals surface area contributed by atoms with Crippen LogP contribution in [0.2, 0.25) is 0 Å². The second-order valence-electron chi connectivity index (χ2n) is 5.36. The molecule has 0 aromatic heterocycles. The highest BCUT2D eigenvalue weighted by Gasteiger charge is 2.23. The fourth-order valence-corrected chi connectivity index (χ4v) is 2.03. The zero-order chi connectivity index (χ0) is 12.8. The molecule has 0 amide bonds. The summed E-state index contributed by atoms with van der Waals surface area (Å²) >= 11 is 0. The Bertz CT molecular complexity index is 360.